The van der Waals surface area contributed by atoms with Crippen molar-refractivity contribution in [2.45, 2.75) is 12.1 Å². The Morgan fingerprint density at radius 3 is 2.75 bits per heavy atom. The van der Waals surface area contributed by atoms with Crippen LogP contribution in [0.15, 0.2) is 50.5 Å². The minimum absolute atomic E-state index is 0.193. The second kappa shape index (κ2) is 4.60. The zero-order valence-electron chi connectivity index (χ0n) is 11.0. The quantitative estimate of drug-likeness (QED) is 0.693. The van der Waals surface area contributed by atoms with Gasteiger partial charge in [0.1, 0.15) is 10.3 Å². The van der Waals surface area contributed by atoms with E-state index in [1.807, 2.05) is 37.4 Å². The first-order valence-corrected chi connectivity index (χ1v) is 6.97. The molecule has 2 aliphatic rings. The second-order valence-electron chi connectivity index (χ2n) is 4.85. The number of hydrazine groups is 1. The normalized spacial score (nSPS) is 25.1. The van der Waals surface area contributed by atoms with Crippen molar-refractivity contribution in [2.24, 2.45) is 21.5 Å². The zero-order valence-corrected chi connectivity index (χ0v) is 12.6. The SMILES string of the molecule is CN1NC(Br)=C2C1=NC(N)=NC2(N)Cc1ccccc1. The van der Waals surface area contributed by atoms with Gasteiger partial charge in [0.05, 0.1) is 5.57 Å². The Bertz CT molecular complexity index is 636. The van der Waals surface area contributed by atoms with Gasteiger partial charge in [-0.15, -0.1) is 0 Å². The summed E-state index contributed by atoms with van der Waals surface area (Å²) in [6.45, 7) is 0. The highest BCUT2D eigenvalue weighted by Crippen LogP contribution is 2.33. The average molecular weight is 335 g/mol. The van der Waals surface area contributed by atoms with Crippen LogP contribution in [0.2, 0.25) is 0 Å². The molecule has 7 heteroatoms. The van der Waals surface area contributed by atoms with Gasteiger partial charge in [0.25, 0.3) is 0 Å². The summed E-state index contributed by atoms with van der Waals surface area (Å²) in [5.41, 5.74) is 16.4. The average Bonchev–Trinajstić information content (AvgIpc) is 2.65. The monoisotopic (exact) mass is 334 g/mol. The fourth-order valence-electron chi connectivity index (χ4n) is 2.47. The Labute approximate surface area is 125 Å². The molecule has 0 spiro atoms. The van der Waals surface area contributed by atoms with Gasteiger partial charge in [-0.3, -0.25) is 10.4 Å². The number of aliphatic imine (C=N–C) groups is 2. The van der Waals surface area contributed by atoms with Crippen LogP contribution in [0.1, 0.15) is 5.56 Å². The lowest BCUT2D eigenvalue weighted by Crippen LogP contribution is -2.50. The molecule has 6 nitrogen and oxygen atoms in total. The smallest absolute Gasteiger partial charge is 0.219 e. The lowest BCUT2D eigenvalue weighted by molar-refractivity contribution is 0.446. The molecule has 0 bridgehead atoms. The minimum atomic E-state index is -0.931. The number of amidine groups is 1. The predicted molar refractivity (Wildman–Crippen MR) is 83.0 cm³/mol. The zero-order chi connectivity index (χ0) is 14.3. The molecule has 0 amide bonds. The lowest BCUT2D eigenvalue weighted by Gasteiger charge is -2.30. The van der Waals surface area contributed by atoms with Gasteiger partial charge in [-0.25, -0.2) is 4.99 Å². The van der Waals surface area contributed by atoms with E-state index in [1.165, 1.54) is 0 Å². The Hall–Kier alpha value is -1.86. The van der Waals surface area contributed by atoms with Gasteiger partial charge in [0, 0.05) is 13.5 Å². The maximum absolute atomic E-state index is 6.52. The van der Waals surface area contributed by atoms with E-state index >= 15 is 0 Å². The standard InChI is InChI=1S/C13H15BrN6/c1-20-11-9(10(14)19-20)13(16,18-12(15)17-11)7-8-5-3-2-4-6-8/h2-6,19H,7,16H2,1H3,(H2,15,18). The van der Waals surface area contributed by atoms with Gasteiger partial charge in [-0.1, -0.05) is 30.3 Å². The summed E-state index contributed by atoms with van der Waals surface area (Å²) in [6.07, 6.45) is 0.549. The van der Waals surface area contributed by atoms with Crippen molar-refractivity contribution in [3.63, 3.8) is 0 Å². The van der Waals surface area contributed by atoms with E-state index in [0.29, 0.717) is 12.3 Å². The largest absolute Gasteiger partial charge is 0.368 e. The van der Waals surface area contributed by atoms with Crippen LogP contribution in [0.4, 0.5) is 0 Å². The molecule has 20 heavy (non-hydrogen) atoms. The number of hydrogen-bond acceptors (Lipinski definition) is 6. The molecule has 0 aromatic heterocycles. The lowest BCUT2D eigenvalue weighted by atomic mass is 9.92. The van der Waals surface area contributed by atoms with Gasteiger partial charge < -0.3 is 11.5 Å². The van der Waals surface area contributed by atoms with Crippen LogP contribution < -0.4 is 16.9 Å². The van der Waals surface area contributed by atoms with Crippen LogP contribution >= 0.6 is 15.9 Å². The third-order valence-electron chi connectivity index (χ3n) is 3.31. The molecule has 104 valence electrons. The fourth-order valence-corrected chi connectivity index (χ4v) is 3.25. The number of nitrogens with one attached hydrogen (secondary N) is 1. The summed E-state index contributed by atoms with van der Waals surface area (Å²) >= 11 is 3.49. The maximum Gasteiger partial charge on any atom is 0.219 e. The number of hydrogen-bond donors (Lipinski definition) is 3. The number of nitrogens with zero attached hydrogens (tertiary/aromatic N) is 3. The number of rotatable bonds is 2. The molecule has 0 radical (unpaired) electrons. The number of likely N-dealkylation sites (N-methyl/N-ethyl adjacent to an activating group) is 1. The van der Waals surface area contributed by atoms with Crippen LogP contribution in [0.5, 0.6) is 0 Å². The van der Waals surface area contributed by atoms with Crippen molar-refractivity contribution in [3.05, 3.63) is 46.1 Å². The first kappa shape index (κ1) is 13.1. The Morgan fingerprint density at radius 1 is 1.35 bits per heavy atom. The Morgan fingerprint density at radius 2 is 2.05 bits per heavy atom. The number of fused-ring (bicyclic) bond motifs is 1. The van der Waals surface area contributed by atoms with E-state index in [-0.39, 0.29) is 5.96 Å². The van der Waals surface area contributed by atoms with Crippen LogP contribution in [0.3, 0.4) is 0 Å². The summed E-state index contributed by atoms with van der Waals surface area (Å²) in [5.74, 6) is 0.890. The third-order valence-corrected chi connectivity index (χ3v) is 3.88. The molecule has 0 fully saturated rings. The first-order valence-electron chi connectivity index (χ1n) is 6.17. The Kier molecular flexibility index (Phi) is 3.02. The topological polar surface area (TPSA) is 92.0 Å². The molecule has 3 rings (SSSR count). The van der Waals surface area contributed by atoms with Gasteiger partial charge in [-0.05, 0) is 21.5 Å². The van der Waals surface area contributed by atoms with Crippen molar-refractivity contribution in [3.8, 4) is 0 Å². The van der Waals surface area contributed by atoms with Crippen molar-refractivity contribution >= 4 is 27.7 Å². The molecular formula is C13H15BrN6. The summed E-state index contributed by atoms with van der Waals surface area (Å²) in [7, 11) is 1.86. The van der Waals surface area contributed by atoms with Crippen molar-refractivity contribution in [1.29, 1.82) is 0 Å². The van der Waals surface area contributed by atoms with Gasteiger partial charge >= 0.3 is 0 Å². The highest BCUT2D eigenvalue weighted by Gasteiger charge is 2.43. The molecule has 0 saturated heterocycles. The van der Waals surface area contributed by atoms with Crippen LogP contribution in [-0.2, 0) is 6.42 Å². The third kappa shape index (κ3) is 2.08. The molecular weight excluding hydrogens is 320 g/mol. The van der Waals surface area contributed by atoms with Crippen LogP contribution in [-0.4, -0.2) is 29.5 Å². The Balaban J connectivity index is 2.04. The summed E-state index contributed by atoms with van der Waals surface area (Å²) in [6, 6.07) is 9.97. The van der Waals surface area contributed by atoms with Crippen LogP contribution in [0, 0.1) is 0 Å². The molecule has 0 saturated carbocycles. The van der Waals surface area contributed by atoms with E-state index in [0.717, 1.165) is 15.7 Å². The highest BCUT2D eigenvalue weighted by atomic mass is 79.9. The fraction of sp³-hybridized carbons (Fsp3) is 0.231. The molecule has 2 heterocycles. The summed E-state index contributed by atoms with van der Waals surface area (Å²) < 4.78 is 0.772. The van der Waals surface area contributed by atoms with Crippen LogP contribution in [0.25, 0.3) is 0 Å². The minimum Gasteiger partial charge on any atom is -0.368 e. The highest BCUT2D eigenvalue weighted by molar-refractivity contribution is 9.11. The predicted octanol–water partition coefficient (Wildman–Crippen LogP) is 0.667. The van der Waals surface area contributed by atoms with Crippen molar-refractivity contribution < 1.29 is 0 Å². The molecule has 1 atom stereocenters. The summed E-state index contributed by atoms with van der Waals surface area (Å²) in [5, 5.41) is 1.77. The molecule has 5 N–H and O–H groups in total. The maximum atomic E-state index is 6.52. The second-order valence-corrected chi connectivity index (χ2v) is 5.64. The number of nitrogens with two attached hydrogens (primary N) is 2. The number of halogens is 1. The van der Waals surface area contributed by atoms with E-state index in [2.05, 4.69) is 31.3 Å². The van der Waals surface area contributed by atoms with E-state index in [1.54, 1.807) is 5.01 Å². The molecule has 1 aromatic carbocycles. The molecule has 1 unspecified atom stereocenters. The number of benzene rings is 1. The first-order chi connectivity index (χ1) is 9.49. The molecule has 2 aliphatic heterocycles. The summed E-state index contributed by atoms with van der Waals surface area (Å²) in [4.78, 5) is 8.62. The van der Waals surface area contributed by atoms with Crippen molar-refractivity contribution in [1.82, 2.24) is 10.4 Å². The van der Waals surface area contributed by atoms with E-state index in [4.69, 9.17) is 11.5 Å². The van der Waals surface area contributed by atoms with Gasteiger partial charge in [0.2, 0.25) is 5.96 Å². The molecule has 1 aromatic rings. The number of guanidine groups is 1. The van der Waals surface area contributed by atoms with Gasteiger partial charge in [0.15, 0.2) is 5.84 Å². The molecule has 0 aliphatic carbocycles. The van der Waals surface area contributed by atoms with Gasteiger partial charge in [-0.2, -0.15) is 4.99 Å². The van der Waals surface area contributed by atoms with E-state index < -0.39 is 5.66 Å². The van der Waals surface area contributed by atoms with Crippen molar-refractivity contribution in [2.75, 3.05) is 7.05 Å². The van der Waals surface area contributed by atoms with E-state index in [9.17, 15) is 0 Å².